The van der Waals surface area contributed by atoms with Crippen molar-refractivity contribution in [2.45, 2.75) is 25.8 Å². The van der Waals surface area contributed by atoms with Gasteiger partial charge in [0.25, 0.3) is 0 Å². The lowest BCUT2D eigenvalue weighted by Gasteiger charge is -2.34. The summed E-state index contributed by atoms with van der Waals surface area (Å²) in [5, 5.41) is 8.62. The number of urea groups is 1. The van der Waals surface area contributed by atoms with E-state index < -0.39 is 0 Å². The van der Waals surface area contributed by atoms with Gasteiger partial charge in [0.15, 0.2) is 5.65 Å². The van der Waals surface area contributed by atoms with E-state index >= 15 is 0 Å². The Morgan fingerprint density at radius 3 is 2.78 bits per heavy atom. The molecule has 2 aromatic carbocycles. The molecular weight excluding hydrogens is 404 g/mol. The molecule has 1 saturated heterocycles. The zero-order valence-corrected chi connectivity index (χ0v) is 17.7. The summed E-state index contributed by atoms with van der Waals surface area (Å²) < 4.78 is 1.63. The fourth-order valence-electron chi connectivity index (χ4n) is 4.01. The van der Waals surface area contributed by atoms with E-state index in [1.165, 1.54) is 5.06 Å². The molecule has 0 aliphatic carbocycles. The molecule has 0 radical (unpaired) electrons. The minimum atomic E-state index is -0.278. The number of hydrogen-bond donors (Lipinski definition) is 2. The zero-order chi connectivity index (χ0) is 22.1. The summed E-state index contributed by atoms with van der Waals surface area (Å²) in [6, 6.07) is 19.4. The predicted octanol–water partition coefficient (Wildman–Crippen LogP) is 4.59. The van der Waals surface area contributed by atoms with Crippen molar-refractivity contribution in [2.75, 3.05) is 17.7 Å². The molecule has 0 spiro atoms. The maximum Gasteiger partial charge on any atom is 0.346 e. The average molecular weight is 428 g/mol. The highest BCUT2D eigenvalue weighted by molar-refractivity contribution is 5.91. The molecule has 1 fully saturated rings. The van der Waals surface area contributed by atoms with Gasteiger partial charge in [-0.3, -0.25) is 4.84 Å². The number of aryl methyl sites for hydroxylation is 1. The monoisotopic (exact) mass is 428 g/mol. The Morgan fingerprint density at radius 1 is 1.12 bits per heavy atom. The van der Waals surface area contributed by atoms with E-state index in [0.29, 0.717) is 12.3 Å². The lowest BCUT2D eigenvalue weighted by molar-refractivity contribution is -0.168. The lowest BCUT2D eigenvalue weighted by atomic mass is 10.0. The highest BCUT2D eigenvalue weighted by atomic mass is 16.7. The van der Waals surface area contributed by atoms with Crippen molar-refractivity contribution in [3.63, 3.8) is 0 Å². The zero-order valence-electron chi connectivity index (χ0n) is 17.7. The third-order valence-electron chi connectivity index (χ3n) is 5.69. The second-order valence-electron chi connectivity index (χ2n) is 7.88. The average Bonchev–Trinajstić information content (AvgIpc) is 3.20. The van der Waals surface area contributed by atoms with Crippen LogP contribution in [0.1, 0.15) is 30.0 Å². The molecule has 1 aliphatic heterocycles. The van der Waals surface area contributed by atoms with Gasteiger partial charge in [0, 0.05) is 11.9 Å². The largest absolute Gasteiger partial charge is 0.366 e. The molecule has 8 nitrogen and oxygen atoms in total. The number of hydroxylamine groups is 2. The third-order valence-corrected chi connectivity index (χ3v) is 5.69. The number of benzene rings is 2. The number of nitrogens with one attached hydrogen (secondary N) is 1. The Morgan fingerprint density at radius 2 is 1.94 bits per heavy atom. The van der Waals surface area contributed by atoms with Gasteiger partial charge in [0.2, 0.25) is 5.95 Å². The number of rotatable bonds is 3. The molecule has 0 saturated carbocycles. The molecule has 2 amide bonds. The highest BCUT2D eigenvalue weighted by Crippen LogP contribution is 2.31. The topological polar surface area (TPSA) is 97.8 Å². The Kier molecular flexibility index (Phi) is 5.20. The molecular formula is C24H24N6O2. The van der Waals surface area contributed by atoms with Gasteiger partial charge in [-0.15, -0.1) is 5.10 Å². The molecule has 0 unspecified atom stereocenters. The van der Waals surface area contributed by atoms with Crippen LogP contribution in [0.2, 0.25) is 0 Å². The number of carbonyl (C=O) groups excluding carboxylic acids is 1. The quantitative estimate of drug-likeness (QED) is 0.497. The number of nitrogens with zero attached hydrogens (tertiary/aromatic N) is 4. The molecule has 2 aromatic heterocycles. The van der Waals surface area contributed by atoms with Gasteiger partial charge >= 0.3 is 6.03 Å². The van der Waals surface area contributed by atoms with Gasteiger partial charge in [-0.25, -0.2) is 9.31 Å². The van der Waals surface area contributed by atoms with Crippen molar-refractivity contribution in [2.24, 2.45) is 0 Å². The minimum Gasteiger partial charge on any atom is -0.366 e. The number of aromatic nitrogens is 3. The van der Waals surface area contributed by atoms with E-state index in [-0.39, 0.29) is 18.0 Å². The first-order valence-corrected chi connectivity index (χ1v) is 10.6. The Bertz CT molecular complexity index is 1270. The van der Waals surface area contributed by atoms with Crippen LogP contribution in [-0.4, -0.2) is 32.3 Å². The summed E-state index contributed by atoms with van der Waals surface area (Å²) in [7, 11) is 0. The van der Waals surface area contributed by atoms with Gasteiger partial charge in [0.1, 0.15) is 0 Å². The maximum atomic E-state index is 13.2. The Balaban J connectivity index is 1.41. The molecule has 0 bridgehead atoms. The molecule has 32 heavy (non-hydrogen) atoms. The molecule has 3 N–H and O–H groups in total. The summed E-state index contributed by atoms with van der Waals surface area (Å²) in [5.41, 5.74) is 11.0. The van der Waals surface area contributed by atoms with Crippen molar-refractivity contribution in [1.82, 2.24) is 19.7 Å². The number of carbonyl (C=O) groups is 1. The number of pyridine rings is 1. The van der Waals surface area contributed by atoms with Crippen molar-refractivity contribution in [1.29, 1.82) is 0 Å². The van der Waals surface area contributed by atoms with E-state index in [1.807, 2.05) is 73.8 Å². The Hall–Kier alpha value is -3.91. The van der Waals surface area contributed by atoms with Crippen LogP contribution in [0, 0.1) is 6.92 Å². The van der Waals surface area contributed by atoms with Crippen molar-refractivity contribution >= 4 is 23.3 Å². The smallest absolute Gasteiger partial charge is 0.346 e. The molecule has 162 valence electrons. The molecule has 3 heterocycles. The molecule has 5 rings (SSSR count). The van der Waals surface area contributed by atoms with Gasteiger partial charge in [-0.2, -0.15) is 10.0 Å². The standard InChI is InChI=1S/C24H24N6O2/c1-16-9-10-18(19-11-12-29-22(15-19)27-23(25)28-29)14-20(16)26-24(31)30-21(8-5-13-32-30)17-6-3-2-4-7-17/h2-4,6-7,9-12,14-15,21H,5,8,13H2,1H3,(H2,25,28)(H,26,31)/t21-/m0/s1. The fourth-order valence-corrected chi connectivity index (χ4v) is 4.01. The van der Waals surface area contributed by atoms with E-state index in [2.05, 4.69) is 15.4 Å². The number of nitrogen functional groups attached to an aromatic ring is 1. The van der Waals surface area contributed by atoms with E-state index in [1.54, 1.807) is 4.52 Å². The molecule has 1 atom stereocenters. The highest BCUT2D eigenvalue weighted by Gasteiger charge is 2.29. The van der Waals surface area contributed by atoms with Gasteiger partial charge in [-0.05, 0) is 60.2 Å². The van der Waals surface area contributed by atoms with Crippen molar-refractivity contribution in [3.8, 4) is 11.1 Å². The van der Waals surface area contributed by atoms with Gasteiger partial charge in [0.05, 0.1) is 12.6 Å². The van der Waals surface area contributed by atoms with Crippen LogP contribution in [0.15, 0.2) is 66.9 Å². The number of amides is 2. The van der Waals surface area contributed by atoms with Crippen LogP contribution in [0.4, 0.5) is 16.4 Å². The van der Waals surface area contributed by atoms with Crippen LogP contribution >= 0.6 is 0 Å². The van der Waals surface area contributed by atoms with E-state index in [9.17, 15) is 4.79 Å². The van der Waals surface area contributed by atoms with E-state index in [4.69, 9.17) is 10.6 Å². The summed E-state index contributed by atoms with van der Waals surface area (Å²) in [6.07, 6.45) is 3.59. The van der Waals surface area contributed by atoms with Gasteiger partial charge < -0.3 is 11.1 Å². The first-order chi connectivity index (χ1) is 15.6. The maximum absolute atomic E-state index is 13.2. The second kappa shape index (κ2) is 8.32. The normalized spacial score (nSPS) is 16.3. The summed E-state index contributed by atoms with van der Waals surface area (Å²) in [4.78, 5) is 23.2. The predicted molar refractivity (Wildman–Crippen MR) is 123 cm³/mol. The number of anilines is 2. The van der Waals surface area contributed by atoms with Crippen molar-refractivity contribution < 1.29 is 9.63 Å². The second-order valence-corrected chi connectivity index (χ2v) is 7.88. The Labute approximate surface area is 185 Å². The van der Waals surface area contributed by atoms with Crippen LogP contribution in [0.25, 0.3) is 16.8 Å². The first-order valence-electron chi connectivity index (χ1n) is 10.6. The first kappa shape index (κ1) is 20.0. The minimum absolute atomic E-state index is 0.116. The van der Waals surface area contributed by atoms with Crippen LogP contribution < -0.4 is 11.1 Å². The third kappa shape index (κ3) is 3.88. The lowest BCUT2D eigenvalue weighted by Crippen LogP contribution is -2.41. The summed E-state index contributed by atoms with van der Waals surface area (Å²) in [6.45, 7) is 2.49. The fraction of sp³-hybridized carbons (Fsp3) is 0.208. The van der Waals surface area contributed by atoms with Crippen LogP contribution in [0.5, 0.6) is 0 Å². The van der Waals surface area contributed by atoms with Crippen LogP contribution in [0.3, 0.4) is 0 Å². The SMILES string of the molecule is Cc1ccc(-c2ccn3nc(N)nc3c2)cc1NC(=O)N1OCCC[C@H]1c1ccccc1. The number of fused-ring (bicyclic) bond motifs is 1. The molecule has 4 aromatic rings. The number of nitrogens with two attached hydrogens (primary N) is 1. The molecule has 1 aliphatic rings. The summed E-state index contributed by atoms with van der Waals surface area (Å²) in [5.74, 6) is 0.230. The summed E-state index contributed by atoms with van der Waals surface area (Å²) >= 11 is 0. The number of hydrogen-bond acceptors (Lipinski definition) is 5. The van der Waals surface area contributed by atoms with Crippen LogP contribution in [-0.2, 0) is 4.84 Å². The molecule has 8 heteroatoms. The van der Waals surface area contributed by atoms with Crippen molar-refractivity contribution in [3.05, 3.63) is 78.0 Å². The van der Waals surface area contributed by atoms with E-state index in [0.717, 1.165) is 40.8 Å². The van der Waals surface area contributed by atoms with Gasteiger partial charge in [-0.1, -0.05) is 42.5 Å².